The molecule has 0 aliphatic rings. The van der Waals surface area contributed by atoms with Crippen molar-refractivity contribution >= 4 is 49.1 Å². The van der Waals surface area contributed by atoms with Crippen LogP contribution in [0.25, 0.3) is 20.3 Å². The zero-order valence-corrected chi connectivity index (χ0v) is 16.3. The number of rotatable bonds is 4. The molecule has 0 atom stereocenters. The van der Waals surface area contributed by atoms with E-state index in [0.717, 1.165) is 15.8 Å². The fourth-order valence-corrected chi connectivity index (χ4v) is 4.60. The fourth-order valence-electron chi connectivity index (χ4n) is 2.98. The van der Waals surface area contributed by atoms with Gasteiger partial charge in [0.05, 0.1) is 17.0 Å². The van der Waals surface area contributed by atoms with Gasteiger partial charge in [0.2, 0.25) is 0 Å². The van der Waals surface area contributed by atoms with Crippen LogP contribution in [0.2, 0.25) is 0 Å². The minimum atomic E-state index is -0.433. The Morgan fingerprint density at radius 3 is 2.63 bits per heavy atom. The fraction of sp³-hybridized carbons (Fsp3) is 0.158. The molecule has 0 saturated heterocycles. The van der Waals surface area contributed by atoms with Crippen LogP contribution in [0.3, 0.4) is 0 Å². The number of nitro groups is 1. The average molecular weight is 397 g/mol. The molecule has 0 aliphatic carbocycles. The Bertz CT molecular complexity index is 1240. The molecule has 0 amide bonds. The number of non-ortho nitro benzene ring substituents is 1. The highest BCUT2D eigenvalue weighted by molar-refractivity contribution is 7.98. The van der Waals surface area contributed by atoms with Crippen molar-refractivity contribution in [2.24, 2.45) is 0 Å². The van der Waals surface area contributed by atoms with Crippen molar-refractivity contribution in [1.82, 2.24) is 9.55 Å². The number of benzene rings is 2. The van der Waals surface area contributed by atoms with Crippen LogP contribution in [0.5, 0.6) is 0 Å². The minimum absolute atomic E-state index is 0.00136. The average Bonchev–Trinajstić information content (AvgIpc) is 3.03. The molecule has 136 valence electrons. The van der Waals surface area contributed by atoms with Crippen LogP contribution in [-0.2, 0) is 6.54 Å². The van der Waals surface area contributed by atoms with Gasteiger partial charge in [-0.2, -0.15) is 0 Å². The van der Waals surface area contributed by atoms with E-state index in [1.54, 1.807) is 10.6 Å². The number of hydrogen-bond donors (Lipinski definition) is 0. The van der Waals surface area contributed by atoms with E-state index in [9.17, 15) is 14.9 Å². The van der Waals surface area contributed by atoms with Crippen molar-refractivity contribution in [3.63, 3.8) is 0 Å². The molecule has 0 saturated carbocycles. The molecule has 27 heavy (non-hydrogen) atoms. The first-order chi connectivity index (χ1) is 13.0. The maximum atomic E-state index is 13.2. The van der Waals surface area contributed by atoms with Gasteiger partial charge in [0.1, 0.15) is 4.70 Å². The quantitative estimate of drug-likeness (QED) is 0.218. The lowest BCUT2D eigenvalue weighted by molar-refractivity contribution is -0.384. The first-order valence-electron chi connectivity index (χ1n) is 8.19. The lowest BCUT2D eigenvalue weighted by Crippen LogP contribution is -2.23. The molecule has 0 radical (unpaired) electrons. The zero-order chi connectivity index (χ0) is 19.1. The molecule has 6 nitrogen and oxygen atoms in total. The number of nitrogens with zero attached hydrogens (tertiary/aromatic N) is 3. The van der Waals surface area contributed by atoms with E-state index in [1.165, 1.54) is 35.2 Å². The van der Waals surface area contributed by atoms with E-state index in [-0.39, 0.29) is 11.2 Å². The molecule has 2 aromatic heterocycles. The van der Waals surface area contributed by atoms with E-state index < -0.39 is 4.92 Å². The summed E-state index contributed by atoms with van der Waals surface area (Å²) in [4.78, 5) is 28.5. The summed E-state index contributed by atoms with van der Waals surface area (Å²) in [6, 6.07) is 12.7. The molecule has 4 aromatic rings. The van der Waals surface area contributed by atoms with Crippen molar-refractivity contribution in [3.05, 3.63) is 74.1 Å². The summed E-state index contributed by atoms with van der Waals surface area (Å²) in [5, 5.41) is 12.3. The van der Waals surface area contributed by atoms with Crippen LogP contribution in [0.1, 0.15) is 11.1 Å². The van der Waals surface area contributed by atoms with Gasteiger partial charge in [0.15, 0.2) is 5.16 Å². The summed E-state index contributed by atoms with van der Waals surface area (Å²) >= 11 is 2.72. The number of nitro benzene ring substituents is 1. The van der Waals surface area contributed by atoms with Gasteiger partial charge in [-0.3, -0.25) is 19.5 Å². The number of aromatic nitrogens is 2. The number of aryl methyl sites for hydroxylation is 1. The SMILES string of the molecule is CSc1nc2c(sc3ccc([N+](=O)[O-])cc32)c(=O)n1Cc1ccc(C)cc1. The van der Waals surface area contributed by atoms with Gasteiger partial charge in [0.25, 0.3) is 11.2 Å². The Morgan fingerprint density at radius 2 is 1.96 bits per heavy atom. The summed E-state index contributed by atoms with van der Waals surface area (Å²) in [6.45, 7) is 2.46. The molecule has 0 N–H and O–H groups in total. The third-order valence-electron chi connectivity index (χ3n) is 4.38. The Kier molecular flexibility index (Phi) is 4.45. The third kappa shape index (κ3) is 3.11. The van der Waals surface area contributed by atoms with Gasteiger partial charge < -0.3 is 0 Å². The number of thioether (sulfide) groups is 1. The van der Waals surface area contributed by atoms with Crippen molar-refractivity contribution in [1.29, 1.82) is 0 Å². The first-order valence-corrected chi connectivity index (χ1v) is 10.2. The molecule has 0 bridgehead atoms. The van der Waals surface area contributed by atoms with E-state index in [2.05, 4.69) is 4.98 Å². The van der Waals surface area contributed by atoms with E-state index in [1.807, 2.05) is 37.4 Å². The largest absolute Gasteiger partial charge is 0.282 e. The summed E-state index contributed by atoms with van der Waals surface area (Å²) in [5.41, 5.74) is 2.60. The van der Waals surface area contributed by atoms with Gasteiger partial charge in [-0.25, -0.2) is 4.98 Å². The van der Waals surface area contributed by atoms with Gasteiger partial charge in [-0.15, -0.1) is 11.3 Å². The molecular weight excluding hydrogens is 382 g/mol. The van der Waals surface area contributed by atoms with Crippen molar-refractivity contribution in [2.45, 2.75) is 18.6 Å². The molecule has 8 heteroatoms. The van der Waals surface area contributed by atoms with E-state index in [0.29, 0.717) is 27.3 Å². The smallest absolute Gasteiger partial charge is 0.272 e. The topological polar surface area (TPSA) is 78.0 Å². The summed E-state index contributed by atoms with van der Waals surface area (Å²) in [5.74, 6) is 0. The van der Waals surface area contributed by atoms with Gasteiger partial charge >= 0.3 is 0 Å². The second-order valence-corrected chi connectivity index (χ2v) is 8.02. The number of thiophene rings is 1. The Labute approximate surface area is 162 Å². The van der Waals surface area contributed by atoms with Crippen LogP contribution in [0.4, 0.5) is 5.69 Å². The molecular formula is C19H15N3O3S2. The summed E-state index contributed by atoms with van der Waals surface area (Å²) in [7, 11) is 0. The molecule has 2 heterocycles. The Morgan fingerprint density at radius 1 is 1.22 bits per heavy atom. The Balaban J connectivity index is 1.94. The highest BCUT2D eigenvalue weighted by atomic mass is 32.2. The molecule has 0 spiro atoms. The number of hydrogen-bond acceptors (Lipinski definition) is 6. The van der Waals surface area contributed by atoms with Crippen LogP contribution in [0.15, 0.2) is 52.4 Å². The van der Waals surface area contributed by atoms with E-state index >= 15 is 0 Å². The molecule has 0 unspecified atom stereocenters. The van der Waals surface area contributed by atoms with Crippen LogP contribution >= 0.6 is 23.1 Å². The Hall–Kier alpha value is -2.71. The maximum absolute atomic E-state index is 13.2. The minimum Gasteiger partial charge on any atom is -0.282 e. The second kappa shape index (κ2) is 6.79. The van der Waals surface area contributed by atoms with Crippen LogP contribution < -0.4 is 5.56 Å². The summed E-state index contributed by atoms with van der Waals surface area (Å²) < 4.78 is 3.01. The predicted molar refractivity (Wildman–Crippen MR) is 110 cm³/mol. The lowest BCUT2D eigenvalue weighted by Gasteiger charge is -2.11. The van der Waals surface area contributed by atoms with Gasteiger partial charge in [0, 0.05) is 22.2 Å². The highest BCUT2D eigenvalue weighted by Crippen LogP contribution is 2.34. The summed E-state index contributed by atoms with van der Waals surface area (Å²) in [6.07, 6.45) is 1.87. The van der Waals surface area contributed by atoms with Crippen molar-refractivity contribution in [2.75, 3.05) is 6.26 Å². The third-order valence-corrected chi connectivity index (χ3v) is 6.20. The first kappa shape index (κ1) is 17.7. The van der Waals surface area contributed by atoms with Crippen LogP contribution in [-0.4, -0.2) is 20.7 Å². The van der Waals surface area contributed by atoms with E-state index in [4.69, 9.17) is 0 Å². The predicted octanol–water partition coefficient (Wildman–Crippen LogP) is 4.60. The number of fused-ring (bicyclic) bond motifs is 3. The zero-order valence-electron chi connectivity index (χ0n) is 14.6. The molecule has 2 aromatic carbocycles. The maximum Gasteiger partial charge on any atom is 0.272 e. The van der Waals surface area contributed by atoms with Gasteiger partial charge in [-0.1, -0.05) is 41.6 Å². The lowest BCUT2D eigenvalue weighted by atomic mass is 10.1. The normalized spacial score (nSPS) is 11.3. The van der Waals surface area contributed by atoms with Gasteiger partial charge in [-0.05, 0) is 24.8 Å². The van der Waals surface area contributed by atoms with Crippen molar-refractivity contribution < 1.29 is 4.92 Å². The second-order valence-electron chi connectivity index (χ2n) is 6.19. The van der Waals surface area contributed by atoms with Crippen LogP contribution in [0, 0.1) is 17.0 Å². The van der Waals surface area contributed by atoms with Crippen molar-refractivity contribution in [3.8, 4) is 0 Å². The standard InChI is InChI=1S/C19H15N3O3S2/c1-11-3-5-12(6-4-11)10-21-18(23)17-16(20-19(21)26-2)14-9-13(22(24)25)7-8-15(14)27-17/h3-9H,10H2,1-2H3. The molecule has 0 aliphatic heterocycles. The monoisotopic (exact) mass is 397 g/mol. The molecule has 0 fully saturated rings. The molecule has 4 rings (SSSR count). The highest BCUT2D eigenvalue weighted by Gasteiger charge is 2.18.